The smallest absolute Gasteiger partial charge is 0.316 e. The van der Waals surface area contributed by atoms with Gasteiger partial charge in [-0.05, 0) is 28.1 Å². The Kier molecular flexibility index (Phi) is 5.64. The van der Waals surface area contributed by atoms with Gasteiger partial charge in [-0.15, -0.1) is 0 Å². The van der Waals surface area contributed by atoms with Crippen molar-refractivity contribution in [1.82, 2.24) is 15.5 Å². The molecule has 0 bridgehead atoms. The summed E-state index contributed by atoms with van der Waals surface area (Å²) in [6.45, 7) is 0.785. The summed E-state index contributed by atoms with van der Waals surface area (Å²) in [6.07, 6.45) is 0. The second-order valence-corrected chi connectivity index (χ2v) is 4.72. The normalized spacial score (nSPS) is 9.72. The van der Waals surface area contributed by atoms with Crippen molar-refractivity contribution in [2.24, 2.45) is 0 Å². The standard InChI is InChI=1S/C12H16BrN3O2/c1-16(2)12(18)15-8-7-14-11(17)9-5-3-4-6-10(9)13/h3-6H,7-8H2,1-2H3,(H,14,17)(H,15,18). The molecule has 0 aliphatic carbocycles. The summed E-state index contributed by atoms with van der Waals surface area (Å²) in [5.74, 6) is -0.165. The monoisotopic (exact) mass is 313 g/mol. The van der Waals surface area contributed by atoms with Gasteiger partial charge in [-0.2, -0.15) is 0 Å². The van der Waals surface area contributed by atoms with Crippen LogP contribution in [0.2, 0.25) is 0 Å². The van der Waals surface area contributed by atoms with E-state index in [1.54, 1.807) is 26.2 Å². The summed E-state index contributed by atoms with van der Waals surface area (Å²) in [4.78, 5) is 24.4. The van der Waals surface area contributed by atoms with Crippen molar-refractivity contribution in [2.75, 3.05) is 27.2 Å². The summed E-state index contributed by atoms with van der Waals surface area (Å²) in [6, 6.07) is 7.01. The fourth-order valence-electron chi connectivity index (χ4n) is 1.24. The van der Waals surface area contributed by atoms with Crippen molar-refractivity contribution in [2.45, 2.75) is 0 Å². The van der Waals surface area contributed by atoms with Crippen LogP contribution >= 0.6 is 15.9 Å². The van der Waals surface area contributed by atoms with Crippen molar-refractivity contribution in [3.8, 4) is 0 Å². The van der Waals surface area contributed by atoms with Gasteiger partial charge in [0.15, 0.2) is 0 Å². The summed E-state index contributed by atoms with van der Waals surface area (Å²) in [7, 11) is 3.32. The lowest BCUT2D eigenvalue weighted by atomic mass is 10.2. The highest BCUT2D eigenvalue weighted by molar-refractivity contribution is 9.10. The molecule has 18 heavy (non-hydrogen) atoms. The molecule has 0 aliphatic rings. The van der Waals surface area contributed by atoms with Gasteiger partial charge in [-0.1, -0.05) is 12.1 Å². The largest absolute Gasteiger partial charge is 0.350 e. The van der Waals surface area contributed by atoms with Gasteiger partial charge < -0.3 is 15.5 Å². The topological polar surface area (TPSA) is 61.4 Å². The van der Waals surface area contributed by atoms with Gasteiger partial charge >= 0.3 is 6.03 Å². The van der Waals surface area contributed by atoms with E-state index in [-0.39, 0.29) is 11.9 Å². The molecular formula is C12H16BrN3O2. The molecule has 0 saturated heterocycles. The third kappa shape index (κ3) is 4.37. The summed E-state index contributed by atoms with van der Waals surface area (Å²) in [5, 5.41) is 5.40. The minimum Gasteiger partial charge on any atom is -0.350 e. The zero-order chi connectivity index (χ0) is 13.5. The molecule has 0 fully saturated rings. The number of benzene rings is 1. The first-order valence-corrected chi connectivity index (χ1v) is 6.29. The number of urea groups is 1. The predicted molar refractivity (Wildman–Crippen MR) is 73.6 cm³/mol. The molecule has 3 amide bonds. The molecule has 0 spiro atoms. The Morgan fingerprint density at radius 2 is 1.78 bits per heavy atom. The van der Waals surface area contributed by atoms with E-state index in [9.17, 15) is 9.59 Å². The highest BCUT2D eigenvalue weighted by atomic mass is 79.9. The van der Waals surface area contributed by atoms with Crippen LogP contribution in [-0.2, 0) is 0 Å². The SMILES string of the molecule is CN(C)C(=O)NCCNC(=O)c1ccccc1Br. The zero-order valence-electron chi connectivity index (χ0n) is 10.4. The van der Waals surface area contributed by atoms with Gasteiger partial charge in [0.2, 0.25) is 0 Å². The van der Waals surface area contributed by atoms with Crippen LogP contribution in [0.15, 0.2) is 28.7 Å². The number of hydrogen-bond acceptors (Lipinski definition) is 2. The van der Waals surface area contributed by atoms with Gasteiger partial charge in [-0.3, -0.25) is 4.79 Å². The summed E-state index contributed by atoms with van der Waals surface area (Å²) < 4.78 is 0.750. The minimum atomic E-state index is -0.176. The van der Waals surface area contributed by atoms with Crippen molar-refractivity contribution in [3.63, 3.8) is 0 Å². The molecule has 0 radical (unpaired) electrons. The van der Waals surface area contributed by atoms with Crippen LogP contribution in [0.5, 0.6) is 0 Å². The highest BCUT2D eigenvalue weighted by Crippen LogP contribution is 2.15. The number of carbonyl (C=O) groups excluding carboxylic acids is 2. The average molecular weight is 314 g/mol. The molecule has 0 saturated carbocycles. The molecular weight excluding hydrogens is 298 g/mol. The Morgan fingerprint density at radius 3 is 2.39 bits per heavy atom. The van der Waals surface area contributed by atoms with E-state index < -0.39 is 0 Å². The number of nitrogens with zero attached hydrogens (tertiary/aromatic N) is 1. The van der Waals surface area contributed by atoms with Crippen LogP contribution in [0.1, 0.15) is 10.4 Å². The van der Waals surface area contributed by atoms with Crippen LogP contribution in [0.3, 0.4) is 0 Å². The predicted octanol–water partition coefficient (Wildman–Crippen LogP) is 1.45. The molecule has 1 rings (SSSR count). The van der Waals surface area contributed by atoms with Gasteiger partial charge in [-0.25, -0.2) is 4.79 Å². The van der Waals surface area contributed by atoms with Crippen LogP contribution in [0.25, 0.3) is 0 Å². The molecule has 0 aliphatic heterocycles. The molecule has 0 heterocycles. The van der Waals surface area contributed by atoms with Crippen molar-refractivity contribution < 1.29 is 9.59 Å². The number of amides is 3. The van der Waals surface area contributed by atoms with Crippen LogP contribution < -0.4 is 10.6 Å². The average Bonchev–Trinajstić information content (AvgIpc) is 2.34. The molecule has 98 valence electrons. The van der Waals surface area contributed by atoms with Gasteiger partial charge in [0.05, 0.1) is 5.56 Å². The first-order chi connectivity index (χ1) is 8.52. The molecule has 0 atom stereocenters. The Morgan fingerprint density at radius 1 is 1.17 bits per heavy atom. The van der Waals surface area contributed by atoms with E-state index in [1.807, 2.05) is 12.1 Å². The first kappa shape index (κ1) is 14.5. The van der Waals surface area contributed by atoms with E-state index in [1.165, 1.54) is 4.90 Å². The maximum Gasteiger partial charge on any atom is 0.316 e. The summed E-state index contributed by atoms with van der Waals surface area (Å²) >= 11 is 3.31. The van der Waals surface area contributed by atoms with E-state index in [4.69, 9.17) is 0 Å². The summed E-state index contributed by atoms with van der Waals surface area (Å²) in [5.41, 5.74) is 0.580. The molecule has 0 unspecified atom stereocenters. The fraction of sp³-hybridized carbons (Fsp3) is 0.333. The number of nitrogens with one attached hydrogen (secondary N) is 2. The molecule has 6 heteroatoms. The van der Waals surface area contributed by atoms with E-state index >= 15 is 0 Å². The maximum atomic E-state index is 11.8. The molecule has 2 N–H and O–H groups in total. The highest BCUT2D eigenvalue weighted by Gasteiger charge is 2.08. The van der Waals surface area contributed by atoms with Crippen LogP contribution in [0.4, 0.5) is 4.79 Å². The van der Waals surface area contributed by atoms with Gasteiger partial charge in [0.1, 0.15) is 0 Å². The molecule has 1 aromatic carbocycles. The third-order valence-corrected chi connectivity index (χ3v) is 2.90. The third-order valence-electron chi connectivity index (χ3n) is 2.21. The molecule has 0 aromatic heterocycles. The van der Waals surface area contributed by atoms with Gasteiger partial charge in [0.25, 0.3) is 5.91 Å². The van der Waals surface area contributed by atoms with Crippen LogP contribution in [-0.4, -0.2) is 44.0 Å². The number of carbonyl (C=O) groups is 2. The number of rotatable bonds is 4. The Labute approximate surface area is 115 Å². The molecule has 1 aromatic rings. The van der Waals surface area contributed by atoms with E-state index in [0.717, 1.165) is 4.47 Å². The fourth-order valence-corrected chi connectivity index (χ4v) is 1.71. The Balaban J connectivity index is 2.35. The minimum absolute atomic E-state index is 0.165. The zero-order valence-corrected chi connectivity index (χ0v) is 12.0. The maximum absolute atomic E-state index is 11.8. The second kappa shape index (κ2) is 7.00. The lowest BCUT2D eigenvalue weighted by Gasteiger charge is -2.12. The Bertz CT molecular complexity index is 435. The van der Waals surface area contributed by atoms with Crippen molar-refractivity contribution in [3.05, 3.63) is 34.3 Å². The second-order valence-electron chi connectivity index (χ2n) is 3.86. The van der Waals surface area contributed by atoms with Gasteiger partial charge in [0, 0.05) is 31.7 Å². The number of hydrogen-bond donors (Lipinski definition) is 2. The van der Waals surface area contributed by atoms with E-state index in [2.05, 4.69) is 26.6 Å². The lowest BCUT2D eigenvalue weighted by Crippen LogP contribution is -2.39. The quantitative estimate of drug-likeness (QED) is 0.827. The van der Waals surface area contributed by atoms with E-state index in [0.29, 0.717) is 18.7 Å². The first-order valence-electron chi connectivity index (χ1n) is 5.50. The Hall–Kier alpha value is -1.56. The lowest BCUT2D eigenvalue weighted by molar-refractivity contribution is 0.0953. The van der Waals surface area contributed by atoms with Crippen molar-refractivity contribution >= 4 is 27.9 Å². The van der Waals surface area contributed by atoms with Crippen LogP contribution in [0, 0.1) is 0 Å². The number of halogens is 1. The molecule has 5 nitrogen and oxygen atoms in total. The van der Waals surface area contributed by atoms with Crippen molar-refractivity contribution in [1.29, 1.82) is 0 Å².